The molecule has 0 fully saturated rings. The average molecular weight is 258 g/mol. The van der Waals surface area contributed by atoms with E-state index in [1.165, 1.54) is 0 Å². The van der Waals surface area contributed by atoms with Gasteiger partial charge in [0.05, 0.1) is 0 Å². The third kappa shape index (κ3) is 3.16. The van der Waals surface area contributed by atoms with Gasteiger partial charge < -0.3 is 14.5 Å². The van der Waals surface area contributed by atoms with Gasteiger partial charge >= 0.3 is 7.12 Å². The van der Waals surface area contributed by atoms with E-state index in [1.54, 1.807) is 18.2 Å². The van der Waals surface area contributed by atoms with Crippen LogP contribution in [0.2, 0.25) is 0 Å². The fourth-order valence-corrected chi connectivity index (χ4v) is 1.80. The third-order valence-electron chi connectivity index (χ3n) is 2.60. The van der Waals surface area contributed by atoms with Gasteiger partial charge in [0, 0.05) is 10.9 Å². The quantitative estimate of drug-likeness (QED) is 0.832. The van der Waals surface area contributed by atoms with Gasteiger partial charge in [-0.2, -0.15) is 0 Å². The standard InChI is InChI=1S/C13H13BO3.C2H6/c1-3-5-10-11-7-6-9(14(15)16)8-13(11)17-12(10)4-2;1-2/h3-8,15-16H,2H2,1H3;1-2H3/b5-3-;. The zero-order chi connectivity index (χ0) is 14.4. The lowest BCUT2D eigenvalue weighted by Crippen LogP contribution is -2.29. The van der Waals surface area contributed by atoms with E-state index in [0.29, 0.717) is 16.8 Å². The molecule has 0 atom stereocenters. The summed E-state index contributed by atoms with van der Waals surface area (Å²) in [4.78, 5) is 0. The van der Waals surface area contributed by atoms with Crippen LogP contribution in [0.5, 0.6) is 0 Å². The van der Waals surface area contributed by atoms with Crippen LogP contribution in [-0.2, 0) is 0 Å². The second kappa shape index (κ2) is 6.97. The highest BCUT2D eigenvalue weighted by Crippen LogP contribution is 2.27. The summed E-state index contributed by atoms with van der Waals surface area (Å²) >= 11 is 0. The Kier molecular flexibility index (Phi) is 5.61. The summed E-state index contributed by atoms with van der Waals surface area (Å²) in [6.07, 6.45) is 5.51. The summed E-state index contributed by atoms with van der Waals surface area (Å²) in [6.45, 7) is 9.63. The molecule has 0 aliphatic heterocycles. The number of allylic oxidation sites excluding steroid dienone is 1. The zero-order valence-corrected chi connectivity index (χ0v) is 11.6. The maximum Gasteiger partial charge on any atom is 0.488 e. The molecule has 4 heteroatoms. The highest BCUT2D eigenvalue weighted by Gasteiger charge is 2.15. The topological polar surface area (TPSA) is 53.6 Å². The summed E-state index contributed by atoms with van der Waals surface area (Å²) in [7, 11) is -1.48. The minimum Gasteiger partial charge on any atom is -0.456 e. The molecule has 1 aromatic heterocycles. The van der Waals surface area contributed by atoms with Crippen LogP contribution in [0.25, 0.3) is 23.1 Å². The predicted molar refractivity (Wildman–Crippen MR) is 82.2 cm³/mol. The Morgan fingerprint density at radius 3 is 2.47 bits per heavy atom. The summed E-state index contributed by atoms with van der Waals surface area (Å²) in [6, 6.07) is 5.11. The van der Waals surface area contributed by atoms with Gasteiger partial charge in [0.15, 0.2) is 0 Å². The fourth-order valence-electron chi connectivity index (χ4n) is 1.80. The molecule has 100 valence electrons. The summed E-state index contributed by atoms with van der Waals surface area (Å²) in [5, 5.41) is 19.1. The lowest BCUT2D eigenvalue weighted by molar-refractivity contribution is 0.425. The molecule has 19 heavy (non-hydrogen) atoms. The van der Waals surface area contributed by atoms with Crippen molar-refractivity contribution in [3.8, 4) is 0 Å². The Bertz CT molecular complexity index is 582. The highest BCUT2D eigenvalue weighted by molar-refractivity contribution is 6.58. The van der Waals surface area contributed by atoms with Crippen LogP contribution >= 0.6 is 0 Å². The number of benzene rings is 1. The Labute approximate surface area is 114 Å². The summed E-state index contributed by atoms with van der Waals surface area (Å²) in [5.41, 5.74) is 1.99. The zero-order valence-electron chi connectivity index (χ0n) is 11.6. The van der Waals surface area contributed by atoms with Crippen LogP contribution in [0.1, 0.15) is 32.1 Å². The molecule has 1 aromatic carbocycles. The monoisotopic (exact) mass is 258 g/mol. The van der Waals surface area contributed by atoms with Crippen molar-refractivity contribution in [1.29, 1.82) is 0 Å². The Morgan fingerprint density at radius 1 is 1.26 bits per heavy atom. The van der Waals surface area contributed by atoms with E-state index in [9.17, 15) is 0 Å². The molecular formula is C15H19BO3. The van der Waals surface area contributed by atoms with Crippen LogP contribution < -0.4 is 5.46 Å². The molecule has 0 aliphatic carbocycles. The van der Waals surface area contributed by atoms with Gasteiger partial charge in [-0.15, -0.1) is 0 Å². The van der Waals surface area contributed by atoms with Crippen molar-refractivity contribution in [2.24, 2.45) is 0 Å². The van der Waals surface area contributed by atoms with E-state index < -0.39 is 7.12 Å². The molecule has 2 N–H and O–H groups in total. The normalized spacial score (nSPS) is 10.4. The van der Waals surface area contributed by atoms with Gasteiger partial charge in [-0.3, -0.25) is 0 Å². The predicted octanol–water partition coefficient (Wildman–Crippen LogP) is 2.81. The number of rotatable bonds is 3. The molecule has 2 aromatic rings. The van der Waals surface area contributed by atoms with Crippen LogP contribution in [0.4, 0.5) is 0 Å². The molecular weight excluding hydrogens is 239 g/mol. The van der Waals surface area contributed by atoms with Crippen molar-refractivity contribution < 1.29 is 14.5 Å². The van der Waals surface area contributed by atoms with E-state index in [-0.39, 0.29) is 0 Å². The molecule has 0 unspecified atom stereocenters. The van der Waals surface area contributed by atoms with Gasteiger partial charge in [0.2, 0.25) is 0 Å². The molecule has 2 rings (SSSR count). The largest absolute Gasteiger partial charge is 0.488 e. The van der Waals surface area contributed by atoms with Crippen LogP contribution in [-0.4, -0.2) is 17.2 Å². The first kappa shape index (κ1) is 15.3. The van der Waals surface area contributed by atoms with Crippen molar-refractivity contribution in [3.63, 3.8) is 0 Å². The molecule has 0 saturated heterocycles. The van der Waals surface area contributed by atoms with E-state index in [4.69, 9.17) is 14.5 Å². The van der Waals surface area contributed by atoms with Crippen LogP contribution in [0.15, 0.2) is 35.3 Å². The van der Waals surface area contributed by atoms with Crippen molar-refractivity contribution in [3.05, 3.63) is 42.2 Å². The van der Waals surface area contributed by atoms with Crippen molar-refractivity contribution in [2.75, 3.05) is 0 Å². The van der Waals surface area contributed by atoms with Crippen molar-refractivity contribution in [1.82, 2.24) is 0 Å². The molecule has 0 amide bonds. The summed E-state index contributed by atoms with van der Waals surface area (Å²) < 4.78 is 5.60. The maximum absolute atomic E-state index is 9.10. The van der Waals surface area contributed by atoms with Gasteiger partial charge in [-0.25, -0.2) is 0 Å². The Morgan fingerprint density at radius 2 is 1.95 bits per heavy atom. The Hall–Kier alpha value is -1.78. The highest BCUT2D eigenvalue weighted by atomic mass is 16.4. The number of fused-ring (bicyclic) bond motifs is 1. The van der Waals surface area contributed by atoms with E-state index >= 15 is 0 Å². The molecule has 3 nitrogen and oxygen atoms in total. The first-order chi connectivity index (χ1) is 9.17. The molecule has 0 bridgehead atoms. The smallest absolute Gasteiger partial charge is 0.456 e. The number of hydrogen-bond donors (Lipinski definition) is 2. The number of furan rings is 1. The van der Waals surface area contributed by atoms with Crippen molar-refractivity contribution >= 4 is 35.7 Å². The lowest BCUT2D eigenvalue weighted by atomic mass is 9.80. The van der Waals surface area contributed by atoms with Gasteiger partial charge in [0.25, 0.3) is 0 Å². The van der Waals surface area contributed by atoms with E-state index in [1.807, 2.05) is 39.0 Å². The first-order valence-electron chi connectivity index (χ1n) is 6.35. The second-order valence-electron chi connectivity index (χ2n) is 3.71. The minimum atomic E-state index is -1.48. The molecule has 0 aliphatic rings. The van der Waals surface area contributed by atoms with Gasteiger partial charge in [0.1, 0.15) is 11.3 Å². The van der Waals surface area contributed by atoms with Crippen LogP contribution in [0.3, 0.4) is 0 Å². The molecule has 0 radical (unpaired) electrons. The molecule has 0 saturated carbocycles. The van der Waals surface area contributed by atoms with E-state index in [2.05, 4.69) is 6.58 Å². The SMILES string of the molecule is C=Cc1oc2cc(B(O)O)ccc2c1/C=C\C.CC. The fraction of sp³-hybridized carbons (Fsp3) is 0.200. The van der Waals surface area contributed by atoms with E-state index in [0.717, 1.165) is 10.9 Å². The minimum absolute atomic E-state index is 0.411. The lowest BCUT2D eigenvalue weighted by Gasteiger charge is -1.97. The molecule has 1 heterocycles. The van der Waals surface area contributed by atoms with Crippen molar-refractivity contribution in [2.45, 2.75) is 20.8 Å². The third-order valence-corrected chi connectivity index (χ3v) is 2.60. The second-order valence-corrected chi connectivity index (χ2v) is 3.71. The average Bonchev–Trinajstić information content (AvgIpc) is 2.79. The first-order valence-corrected chi connectivity index (χ1v) is 6.35. The number of hydrogen-bond acceptors (Lipinski definition) is 3. The molecule has 0 spiro atoms. The maximum atomic E-state index is 9.10. The van der Waals surface area contributed by atoms with Gasteiger partial charge in [-0.1, -0.05) is 44.7 Å². The summed E-state index contributed by atoms with van der Waals surface area (Å²) in [5.74, 6) is 0.683. The van der Waals surface area contributed by atoms with Crippen LogP contribution in [0, 0.1) is 0 Å². The Balaban J connectivity index is 0.000000861. The van der Waals surface area contributed by atoms with Gasteiger partial charge in [-0.05, 0) is 24.5 Å².